The number of anilines is 1. The van der Waals surface area contributed by atoms with Crippen LogP contribution >= 0.6 is 34.5 Å². The Hall–Kier alpha value is -0.790. The van der Waals surface area contributed by atoms with Gasteiger partial charge < -0.3 is 5.11 Å². The molecule has 0 spiro atoms. The van der Waals surface area contributed by atoms with Crippen LogP contribution in [-0.2, 0) is 16.6 Å². The van der Waals surface area contributed by atoms with Crippen LogP contribution in [0.2, 0.25) is 10.0 Å². The van der Waals surface area contributed by atoms with E-state index in [9.17, 15) is 13.5 Å². The van der Waals surface area contributed by atoms with Gasteiger partial charge in [0.05, 0.1) is 22.2 Å². The van der Waals surface area contributed by atoms with E-state index in [0.717, 1.165) is 0 Å². The summed E-state index contributed by atoms with van der Waals surface area (Å²) in [6.45, 7) is 1.34. The molecule has 0 amide bonds. The van der Waals surface area contributed by atoms with Gasteiger partial charge in [0.1, 0.15) is 4.90 Å². The van der Waals surface area contributed by atoms with Crippen LogP contribution in [0.1, 0.15) is 10.4 Å². The summed E-state index contributed by atoms with van der Waals surface area (Å²) in [5.41, 5.74) is 0.776. The minimum atomic E-state index is -3.83. The molecule has 2 rings (SSSR count). The lowest BCUT2D eigenvalue weighted by Gasteiger charge is -2.11. The van der Waals surface area contributed by atoms with Gasteiger partial charge in [-0.15, -0.1) is 11.3 Å². The van der Waals surface area contributed by atoms with Crippen LogP contribution in [-0.4, -0.2) is 13.5 Å². The van der Waals surface area contributed by atoms with Crippen molar-refractivity contribution in [3.63, 3.8) is 0 Å². The van der Waals surface area contributed by atoms with Crippen molar-refractivity contribution in [1.29, 1.82) is 0 Å². The molecule has 0 radical (unpaired) electrons. The second-order valence-corrected chi connectivity index (χ2v) is 7.49. The molecule has 20 heavy (non-hydrogen) atoms. The Bertz CT molecular complexity index is 741. The quantitative estimate of drug-likeness (QED) is 0.883. The number of hydrogen-bond acceptors (Lipinski definition) is 4. The van der Waals surface area contributed by atoms with E-state index in [1.54, 1.807) is 18.4 Å². The summed E-state index contributed by atoms with van der Waals surface area (Å²) in [7, 11) is -3.83. The van der Waals surface area contributed by atoms with Gasteiger partial charge in [-0.2, -0.15) is 0 Å². The van der Waals surface area contributed by atoms with Crippen molar-refractivity contribution in [2.24, 2.45) is 0 Å². The Balaban J connectivity index is 2.46. The van der Waals surface area contributed by atoms with Crippen LogP contribution in [0.15, 0.2) is 28.5 Å². The van der Waals surface area contributed by atoms with E-state index in [1.807, 2.05) is 0 Å². The molecule has 1 aromatic carbocycles. The molecule has 2 aromatic rings. The number of halogens is 2. The number of thiophene rings is 1. The highest BCUT2D eigenvalue weighted by atomic mass is 35.5. The normalized spacial score (nSPS) is 11.6. The van der Waals surface area contributed by atoms with Crippen molar-refractivity contribution in [2.75, 3.05) is 4.72 Å². The fraction of sp³-hybridized carbons (Fsp3) is 0.167. The number of aliphatic hydroxyl groups is 1. The van der Waals surface area contributed by atoms with Crippen LogP contribution in [0.25, 0.3) is 0 Å². The molecule has 108 valence electrons. The zero-order valence-electron chi connectivity index (χ0n) is 10.4. The summed E-state index contributed by atoms with van der Waals surface area (Å²) in [5.74, 6) is 0. The molecule has 0 bridgehead atoms. The Kier molecular flexibility index (Phi) is 4.61. The summed E-state index contributed by atoms with van der Waals surface area (Å²) in [6.07, 6.45) is 0. The summed E-state index contributed by atoms with van der Waals surface area (Å²) in [6, 6.07) is 4.51. The Labute approximate surface area is 131 Å². The molecule has 0 unspecified atom stereocenters. The molecule has 0 saturated heterocycles. The van der Waals surface area contributed by atoms with Crippen LogP contribution in [0.5, 0.6) is 0 Å². The summed E-state index contributed by atoms with van der Waals surface area (Å²) in [4.78, 5) is 0.467. The number of rotatable bonds is 4. The molecule has 0 fully saturated rings. The topological polar surface area (TPSA) is 66.4 Å². The van der Waals surface area contributed by atoms with Gasteiger partial charge in [-0.25, -0.2) is 8.42 Å². The molecule has 4 nitrogen and oxygen atoms in total. The number of benzene rings is 1. The van der Waals surface area contributed by atoms with E-state index in [1.165, 1.54) is 23.5 Å². The fourth-order valence-electron chi connectivity index (χ4n) is 1.73. The molecular formula is C12H11Cl2NO3S2. The lowest BCUT2D eigenvalue weighted by Crippen LogP contribution is -2.15. The molecule has 0 aliphatic rings. The summed E-state index contributed by atoms with van der Waals surface area (Å²) < 4.78 is 27.2. The van der Waals surface area contributed by atoms with Crippen LogP contribution < -0.4 is 4.72 Å². The molecule has 0 aliphatic heterocycles. The van der Waals surface area contributed by atoms with Crippen molar-refractivity contribution in [3.8, 4) is 0 Å². The zero-order chi connectivity index (χ0) is 14.9. The van der Waals surface area contributed by atoms with Crippen molar-refractivity contribution >= 4 is 50.2 Å². The highest BCUT2D eigenvalue weighted by Crippen LogP contribution is 2.31. The van der Waals surface area contributed by atoms with Gasteiger partial charge in [0.2, 0.25) is 0 Å². The van der Waals surface area contributed by atoms with Crippen molar-refractivity contribution in [1.82, 2.24) is 0 Å². The monoisotopic (exact) mass is 351 g/mol. The smallest absolute Gasteiger partial charge is 0.263 e. The zero-order valence-corrected chi connectivity index (χ0v) is 13.5. The third-order valence-corrected chi connectivity index (χ3v) is 5.95. The lowest BCUT2D eigenvalue weighted by atomic mass is 10.3. The highest BCUT2D eigenvalue weighted by Gasteiger charge is 2.23. The summed E-state index contributed by atoms with van der Waals surface area (Å²) in [5, 5.41) is 11.5. The van der Waals surface area contributed by atoms with Gasteiger partial charge in [0.25, 0.3) is 10.0 Å². The van der Waals surface area contributed by atoms with Crippen LogP contribution in [0.4, 0.5) is 5.69 Å². The number of sulfonamides is 1. The third kappa shape index (κ3) is 3.10. The first-order chi connectivity index (χ1) is 9.35. The maximum atomic E-state index is 12.4. The summed E-state index contributed by atoms with van der Waals surface area (Å²) >= 11 is 13.0. The van der Waals surface area contributed by atoms with Crippen LogP contribution in [0, 0.1) is 6.92 Å². The fourth-order valence-corrected chi connectivity index (χ4v) is 4.86. The van der Waals surface area contributed by atoms with Gasteiger partial charge >= 0.3 is 0 Å². The maximum absolute atomic E-state index is 12.4. The number of aryl methyl sites for hydroxylation is 1. The minimum absolute atomic E-state index is 0.0843. The molecule has 2 N–H and O–H groups in total. The number of aliphatic hydroxyl groups excluding tert-OH is 1. The van der Waals surface area contributed by atoms with E-state index in [-0.39, 0.29) is 22.2 Å². The molecule has 8 heteroatoms. The highest BCUT2D eigenvalue weighted by molar-refractivity contribution is 7.93. The largest absolute Gasteiger partial charge is 0.391 e. The van der Waals surface area contributed by atoms with E-state index in [0.29, 0.717) is 15.5 Å². The lowest BCUT2D eigenvalue weighted by molar-refractivity contribution is 0.282. The van der Waals surface area contributed by atoms with Crippen molar-refractivity contribution in [3.05, 3.63) is 44.1 Å². The molecule has 0 atom stereocenters. The Morgan fingerprint density at radius 2 is 2.05 bits per heavy atom. The van der Waals surface area contributed by atoms with Gasteiger partial charge in [-0.05, 0) is 36.1 Å². The Morgan fingerprint density at radius 3 is 2.70 bits per heavy atom. The second kappa shape index (κ2) is 5.91. The van der Waals surface area contributed by atoms with Gasteiger partial charge in [0.15, 0.2) is 0 Å². The van der Waals surface area contributed by atoms with Gasteiger partial charge in [-0.3, -0.25) is 4.72 Å². The first-order valence-electron chi connectivity index (χ1n) is 5.51. The molecular weight excluding hydrogens is 341 g/mol. The van der Waals surface area contributed by atoms with E-state index < -0.39 is 10.0 Å². The SMILES string of the molecule is Cc1csc(CO)c1S(=O)(=O)Nc1cc(Cl)ccc1Cl. The Morgan fingerprint density at radius 1 is 1.35 bits per heavy atom. The first-order valence-corrected chi connectivity index (χ1v) is 8.62. The molecule has 0 saturated carbocycles. The van der Waals surface area contributed by atoms with Gasteiger partial charge in [0, 0.05) is 5.02 Å². The van der Waals surface area contributed by atoms with Gasteiger partial charge in [-0.1, -0.05) is 23.2 Å². The maximum Gasteiger partial charge on any atom is 0.263 e. The van der Waals surface area contributed by atoms with Crippen molar-refractivity contribution < 1.29 is 13.5 Å². The number of nitrogens with one attached hydrogen (secondary N) is 1. The predicted octanol–water partition coefficient (Wildman–Crippen LogP) is 3.66. The van der Waals surface area contributed by atoms with Crippen molar-refractivity contribution in [2.45, 2.75) is 18.4 Å². The average molecular weight is 352 g/mol. The average Bonchev–Trinajstić information content (AvgIpc) is 2.75. The molecule has 0 aliphatic carbocycles. The molecule has 1 heterocycles. The van der Waals surface area contributed by atoms with E-state index in [2.05, 4.69) is 4.72 Å². The van der Waals surface area contributed by atoms with Crippen LogP contribution in [0.3, 0.4) is 0 Å². The third-order valence-electron chi connectivity index (χ3n) is 2.57. The number of hydrogen-bond donors (Lipinski definition) is 2. The predicted molar refractivity (Wildman–Crippen MR) is 82.2 cm³/mol. The minimum Gasteiger partial charge on any atom is -0.391 e. The standard InChI is InChI=1S/C12H11Cl2NO3S2/c1-7-6-19-11(5-16)12(7)20(17,18)15-10-4-8(13)2-3-9(10)14/h2-4,6,15-16H,5H2,1H3. The van der Waals surface area contributed by atoms with E-state index in [4.69, 9.17) is 23.2 Å². The molecule has 1 aromatic heterocycles. The van der Waals surface area contributed by atoms with E-state index >= 15 is 0 Å². The first kappa shape index (κ1) is 15.6. The second-order valence-electron chi connectivity index (χ2n) is 4.06.